The number of ketones is 2. The van der Waals surface area contributed by atoms with Gasteiger partial charge in [-0.3, -0.25) is 24.5 Å². The number of Topliss-reactive ketones (excluding diaryl/α,β-unsaturated/α-hetero) is 2. The average Bonchev–Trinajstić information content (AvgIpc) is 4.24. The van der Waals surface area contributed by atoms with Gasteiger partial charge in [-0.2, -0.15) is 0 Å². The lowest BCUT2D eigenvalue weighted by atomic mass is 9.88. The van der Waals surface area contributed by atoms with E-state index in [9.17, 15) is 34.4 Å². The number of halogens is 1. The molecule has 73 heavy (non-hydrogen) atoms. The van der Waals surface area contributed by atoms with Gasteiger partial charge in [-0.25, -0.2) is 4.39 Å². The summed E-state index contributed by atoms with van der Waals surface area (Å²) < 4.78 is 36.6. The highest BCUT2D eigenvalue weighted by Crippen LogP contribution is 2.49. The predicted octanol–water partition coefficient (Wildman–Crippen LogP) is 10.0. The number of fused-ring (bicyclic) bond motifs is 3. The lowest BCUT2D eigenvalue weighted by Crippen LogP contribution is -2.28. The second-order valence-corrected chi connectivity index (χ2v) is 17.8. The van der Waals surface area contributed by atoms with Crippen LogP contribution in [-0.2, 0) is 55.3 Å². The maximum Gasteiger partial charge on any atom is 0.162 e. The van der Waals surface area contributed by atoms with Gasteiger partial charge in [0.05, 0.1) is 62.6 Å². The monoisotopic (exact) mass is 981 g/mol. The van der Waals surface area contributed by atoms with Crippen LogP contribution in [0.15, 0.2) is 146 Å². The van der Waals surface area contributed by atoms with Gasteiger partial charge in [-0.15, -0.1) is 0 Å². The third-order valence-corrected chi connectivity index (χ3v) is 13.2. The van der Waals surface area contributed by atoms with E-state index in [4.69, 9.17) is 18.9 Å². The van der Waals surface area contributed by atoms with Crippen LogP contribution < -0.4 is 18.9 Å². The molecule has 1 aliphatic rings. The van der Waals surface area contributed by atoms with Gasteiger partial charge in [0.2, 0.25) is 0 Å². The molecule has 0 aliphatic heterocycles. The molecule has 1 saturated carbocycles. The molecule has 0 spiro atoms. The molecule has 3 heterocycles. The number of pyridine rings is 3. The van der Waals surface area contributed by atoms with E-state index >= 15 is 0 Å². The van der Waals surface area contributed by atoms with Crippen LogP contribution >= 0.6 is 0 Å². The second-order valence-electron chi connectivity index (χ2n) is 17.8. The van der Waals surface area contributed by atoms with Crippen LogP contribution in [0.1, 0.15) is 57.3 Å². The maximum absolute atomic E-state index is 13.5. The molecule has 4 N–H and O–H groups in total. The fraction of sp³-hybridized carbons (Fsp3) is 0.203. The first-order chi connectivity index (χ1) is 35.5. The van der Waals surface area contributed by atoms with Crippen LogP contribution in [-0.4, -0.2) is 61.2 Å². The Morgan fingerprint density at radius 1 is 0.493 bits per heavy atom. The molecule has 0 radical (unpaired) electrons. The zero-order chi connectivity index (χ0) is 51.1. The van der Waals surface area contributed by atoms with Crippen molar-refractivity contribution in [3.8, 4) is 34.5 Å². The molecule has 13 nitrogen and oxygen atoms in total. The fourth-order valence-electron chi connectivity index (χ4n) is 8.98. The number of aliphatic hydroxyl groups excluding tert-OH is 4. The van der Waals surface area contributed by atoms with Crippen molar-refractivity contribution in [1.29, 1.82) is 0 Å². The molecule has 370 valence electrons. The standard InChI is InChI=1S/C30H26FNO5.C29H26N2O5/c31-23-3-1-2-20(12-23)14-29(36)30(9-10-30)28(35)13-19-4-6-24(7-5-19)37-27-8-11-32-26-16-22(18-34)21(17-33)15-25(26)27;1-34-28-14-23-19(7-9-30-26(23)15-29(28)35-2)11-18-3-5-22(6-4-18)36-27-8-10-31-25-13-21(17-33)20(16-32)12-24(25)27/h1-8,11-12,15-16,33-34H,9-10,13-14,17-18H2;3-10,12-15,32-33H,11,16-17H2,1-2H3. The number of nitrogens with zero attached hydrogens (tertiary/aromatic N) is 3. The lowest BCUT2D eigenvalue weighted by molar-refractivity contribution is -0.133. The van der Waals surface area contributed by atoms with Crippen LogP contribution in [0.25, 0.3) is 32.7 Å². The van der Waals surface area contributed by atoms with Crippen LogP contribution in [0, 0.1) is 11.2 Å². The lowest BCUT2D eigenvalue weighted by Gasteiger charge is -2.14. The highest BCUT2D eigenvalue weighted by atomic mass is 19.1. The highest BCUT2D eigenvalue weighted by molar-refractivity contribution is 6.11. The number of aromatic nitrogens is 3. The number of carbonyl (C=O) groups excluding carboxylic acids is 2. The highest BCUT2D eigenvalue weighted by Gasteiger charge is 2.54. The summed E-state index contributed by atoms with van der Waals surface area (Å²) in [5.41, 5.74) is 7.34. The van der Waals surface area contributed by atoms with E-state index in [0.717, 1.165) is 39.4 Å². The summed E-state index contributed by atoms with van der Waals surface area (Å²) in [4.78, 5) is 39.2. The summed E-state index contributed by atoms with van der Waals surface area (Å²) in [7, 11) is 3.24. The Hall–Kier alpha value is -8.14. The Morgan fingerprint density at radius 3 is 1.45 bits per heavy atom. The Labute approximate surface area is 420 Å². The molecule has 0 bridgehead atoms. The average molecular weight is 982 g/mol. The predicted molar refractivity (Wildman–Crippen MR) is 273 cm³/mol. The third-order valence-electron chi connectivity index (χ3n) is 13.2. The summed E-state index contributed by atoms with van der Waals surface area (Å²) in [6.45, 7) is -0.740. The van der Waals surface area contributed by atoms with Crippen molar-refractivity contribution in [2.24, 2.45) is 5.41 Å². The number of benzene rings is 6. The van der Waals surface area contributed by atoms with Gasteiger partial charge >= 0.3 is 0 Å². The van der Waals surface area contributed by atoms with Crippen molar-refractivity contribution in [2.45, 2.75) is 58.5 Å². The first-order valence-corrected chi connectivity index (χ1v) is 23.6. The summed E-state index contributed by atoms with van der Waals surface area (Å²) in [5.74, 6) is 3.09. The van der Waals surface area contributed by atoms with E-state index in [1.54, 1.807) is 99.5 Å². The Balaban J connectivity index is 0.000000180. The number of methoxy groups -OCH3 is 2. The van der Waals surface area contributed by atoms with E-state index in [2.05, 4.69) is 15.0 Å². The smallest absolute Gasteiger partial charge is 0.162 e. The molecule has 6 aromatic carbocycles. The summed E-state index contributed by atoms with van der Waals surface area (Å²) in [5, 5.41) is 40.9. The summed E-state index contributed by atoms with van der Waals surface area (Å²) in [6.07, 6.45) is 7.05. The molecular weight excluding hydrogens is 930 g/mol. The van der Waals surface area contributed by atoms with E-state index in [-0.39, 0.29) is 50.8 Å². The molecule has 0 unspecified atom stereocenters. The van der Waals surface area contributed by atoms with Crippen LogP contribution in [0.5, 0.6) is 34.5 Å². The maximum atomic E-state index is 13.5. The second kappa shape index (κ2) is 22.1. The fourth-order valence-corrected chi connectivity index (χ4v) is 8.98. The van der Waals surface area contributed by atoms with Crippen molar-refractivity contribution < 1.29 is 53.4 Å². The number of carbonyl (C=O) groups is 2. The normalized spacial score (nSPS) is 12.5. The zero-order valence-corrected chi connectivity index (χ0v) is 40.2. The topological polar surface area (TPSA) is 191 Å². The van der Waals surface area contributed by atoms with Crippen molar-refractivity contribution in [3.05, 3.63) is 196 Å². The minimum atomic E-state index is -0.963. The van der Waals surface area contributed by atoms with Gasteiger partial charge in [0.1, 0.15) is 28.8 Å². The van der Waals surface area contributed by atoms with Gasteiger partial charge in [-0.05, 0) is 149 Å². The molecule has 0 saturated heterocycles. The SMILES string of the molecule is COc1cc2nccc(Cc3ccc(Oc4ccnc5cc(CO)c(CO)cc45)cc3)c2cc1OC.O=C(Cc1ccc(Oc2ccnc3cc(CO)c(CO)cc23)cc1)C1(C(=O)Cc2cccc(F)c2)CC1. The Bertz CT molecular complexity index is 3360. The molecule has 0 amide bonds. The van der Waals surface area contributed by atoms with Crippen molar-refractivity contribution >= 4 is 44.3 Å². The largest absolute Gasteiger partial charge is 0.493 e. The Kier molecular flexibility index (Phi) is 15.1. The number of hydrogen-bond acceptors (Lipinski definition) is 13. The number of ether oxygens (including phenoxy) is 4. The van der Waals surface area contributed by atoms with Crippen LogP contribution in [0.4, 0.5) is 4.39 Å². The van der Waals surface area contributed by atoms with E-state index in [1.807, 2.05) is 48.5 Å². The van der Waals surface area contributed by atoms with Gasteiger partial charge in [0.15, 0.2) is 23.1 Å². The number of aliphatic hydroxyl groups is 4. The summed E-state index contributed by atoms with van der Waals surface area (Å²) in [6, 6.07) is 37.4. The van der Waals surface area contributed by atoms with Crippen molar-refractivity contribution in [1.82, 2.24) is 15.0 Å². The van der Waals surface area contributed by atoms with Gasteiger partial charge in [0.25, 0.3) is 0 Å². The Morgan fingerprint density at radius 2 is 0.959 bits per heavy atom. The molecule has 9 aromatic rings. The quantitative estimate of drug-likeness (QED) is 0.0595. The summed E-state index contributed by atoms with van der Waals surface area (Å²) >= 11 is 0. The minimum absolute atomic E-state index is 0.0496. The van der Waals surface area contributed by atoms with Gasteiger partial charge < -0.3 is 39.4 Å². The molecular formula is C59H52FN3O10. The molecule has 1 fully saturated rings. The third kappa shape index (κ3) is 11.0. The van der Waals surface area contributed by atoms with Gasteiger partial charge in [-0.1, -0.05) is 36.4 Å². The van der Waals surface area contributed by atoms with Crippen LogP contribution in [0.3, 0.4) is 0 Å². The van der Waals surface area contributed by atoms with Crippen molar-refractivity contribution in [2.75, 3.05) is 14.2 Å². The minimum Gasteiger partial charge on any atom is -0.493 e. The zero-order valence-electron chi connectivity index (χ0n) is 40.2. The van der Waals surface area contributed by atoms with E-state index < -0.39 is 11.2 Å². The van der Waals surface area contributed by atoms with Crippen LogP contribution in [0.2, 0.25) is 0 Å². The molecule has 0 atom stereocenters. The molecule has 3 aromatic heterocycles. The number of hydrogen-bond donors (Lipinski definition) is 4. The van der Waals surface area contributed by atoms with Crippen molar-refractivity contribution in [3.63, 3.8) is 0 Å². The van der Waals surface area contributed by atoms with E-state index in [1.165, 1.54) is 12.1 Å². The molecule has 1 aliphatic carbocycles. The first-order valence-electron chi connectivity index (χ1n) is 23.6. The molecule has 10 rings (SSSR count). The first kappa shape index (κ1) is 49.8. The van der Waals surface area contributed by atoms with E-state index in [0.29, 0.717) is 91.6 Å². The molecule has 14 heteroatoms. The van der Waals surface area contributed by atoms with Gasteiger partial charge in [0, 0.05) is 53.7 Å². The number of rotatable bonds is 18.